The first-order valence-electron chi connectivity index (χ1n) is 8.57. The van der Waals surface area contributed by atoms with Crippen molar-refractivity contribution < 1.29 is 4.79 Å². The minimum atomic E-state index is 0.150. The third-order valence-electron chi connectivity index (χ3n) is 4.46. The van der Waals surface area contributed by atoms with Gasteiger partial charge in [-0.05, 0) is 33.1 Å². The van der Waals surface area contributed by atoms with Gasteiger partial charge in [-0.15, -0.1) is 0 Å². The van der Waals surface area contributed by atoms with E-state index >= 15 is 0 Å². The normalized spacial score (nSPS) is 16.0. The minimum Gasteiger partial charge on any atom is -0.353 e. The minimum absolute atomic E-state index is 0.150. The molecule has 1 aliphatic carbocycles. The van der Waals surface area contributed by atoms with Gasteiger partial charge in [-0.3, -0.25) is 4.79 Å². The number of rotatable bonds is 7. The van der Waals surface area contributed by atoms with E-state index in [1.165, 1.54) is 31.4 Å². The highest BCUT2D eigenvalue weighted by molar-refractivity contribution is 7.99. The molecule has 2 rings (SSSR count). The number of aromatic nitrogens is 2. The Bertz CT molecular complexity index is 492. The lowest BCUT2D eigenvalue weighted by Crippen LogP contribution is -2.37. The molecule has 0 spiro atoms. The molecule has 4 nitrogen and oxygen atoms in total. The zero-order valence-corrected chi connectivity index (χ0v) is 15.0. The number of amides is 1. The molecule has 1 aliphatic rings. The summed E-state index contributed by atoms with van der Waals surface area (Å²) in [6.07, 6.45) is 8.41. The van der Waals surface area contributed by atoms with E-state index < -0.39 is 0 Å². The Labute approximate surface area is 138 Å². The second kappa shape index (κ2) is 8.61. The molecule has 1 N–H and O–H groups in total. The number of imidazole rings is 1. The zero-order chi connectivity index (χ0) is 15.9. The Hall–Kier alpha value is -0.970. The van der Waals surface area contributed by atoms with Crippen LogP contribution in [0.25, 0.3) is 0 Å². The van der Waals surface area contributed by atoms with Crippen LogP contribution in [0, 0.1) is 13.8 Å². The van der Waals surface area contributed by atoms with Crippen LogP contribution >= 0.6 is 11.8 Å². The smallest absolute Gasteiger partial charge is 0.230 e. The van der Waals surface area contributed by atoms with E-state index in [1.807, 2.05) is 6.92 Å². The zero-order valence-electron chi connectivity index (χ0n) is 14.2. The van der Waals surface area contributed by atoms with E-state index in [9.17, 15) is 4.79 Å². The number of hydrogen-bond acceptors (Lipinski definition) is 3. The largest absolute Gasteiger partial charge is 0.353 e. The third kappa shape index (κ3) is 4.77. The fourth-order valence-electron chi connectivity index (χ4n) is 2.96. The molecule has 0 atom stereocenters. The molecular weight excluding hydrogens is 294 g/mol. The first kappa shape index (κ1) is 17.4. The Morgan fingerprint density at radius 3 is 2.73 bits per heavy atom. The lowest BCUT2D eigenvalue weighted by Gasteiger charge is -2.22. The van der Waals surface area contributed by atoms with Crippen LogP contribution in [0.5, 0.6) is 0 Å². The van der Waals surface area contributed by atoms with Crippen LogP contribution in [0.1, 0.15) is 63.3 Å². The Balaban J connectivity index is 1.87. The van der Waals surface area contributed by atoms with Gasteiger partial charge in [0.15, 0.2) is 5.16 Å². The highest BCUT2D eigenvalue weighted by Crippen LogP contribution is 2.22. The Morgan fingerprint density at radius 1 is 1.32 bits per heavy atom. The molecule has 0 aromatic carbocycles. The van der Waals surface area contributed by atoms with Crippen LogP contribution in [0.2, 0.25) is 0 Å². The SMILES string of the molecule is CCCCn1c(SCC(=O)NC2CCCCC2)nc(C)c1C. The van der Waals surface area contributed by atoms with E-state index in [0.717, 1.165) is 36.7 Å². The summed E-state index contributed by atoms with van der Waals surface area (Å²) in [5.74, 6) is 0.621. The second-order valence-electron chi connectivity index (χ2n) is 6.26. The van der Waals surface area contributed by atoms with Gasteiger partial charge in [0.25, 0.3) is 0 Å². The lowest BCUT2D eigenvalue weighted by atomic mass is 9.95. The number of aryl methyl sites for hydroxylation is 1. The number of unbranched alkanes of at least 4 members (excludes halogenated alkanes) is 1. The fourth-order valence-corrected chi connectivity index (χ4v) is 3.89. The van der Waals surface area contributed by atoms with Gasteiger partial charge in [-0.1, -0.05) is 44.4 Å². The van der Waals surface area contributed by atoms with Gasteiger partial charge in [0, 0.05) is 18.3 Å². The maximum atomic E-state index is 12.1. The van der Waals surface area contributed by atoms with Crippen LogP contribution in [0.4, 0.5) is 0 Å². The topological polar surface area (TPSA) is 46.9 Å². The van der Waals surface area contributed by atoms with E-state index in [4.69, 9.17) is 0 Å². The predicted octanol–water partition coefficient (Wildman–Crippen LogP) is 3.84. The molecule has 0 aliphatic heterocycles. The summed E-state index contributed by atoms with van der Waals surface area (Å²) in [5.41, 5.74) is 2.30. The average Bonchev–Trinajstić information content (AvgIpc) is 2.79. The summed E-state index contributed by atoms with van der Waals surface area (Å²) in [7, 11) is 0. The molecule has 1 fully saturated rings. The van der Waals surface area contributed by atoms with Crippen LogP contribution in [-0.4, -0.2) is 27.3 Å². The van der Waals surface area contributed by atoms with Gasteiger partial charge in [-0.2, -0.15) is 0 Å². The van der Waals surface area contributed by atoms with Gasteiger partial charge in [0.2, 0.25) is 5.91 Å². The molecular formula is C17H29N3OS. The van der Waals surface area contributed by atoms with Crippen molar-refractivity contribution in [2.75, 3.05) is 5.75 Å². The number of nitrogens with one attached hydrogen (secondary N) is 1. The molecule has 0 saturated heterocycles. The number of nitrogens with zero attached hydrogens (tertiary/aromatic N) is 2. The van der Waals surface area contributed by atoms with Crippen molar-refractivity contribution in [3.63, 3.8) is 0 Å². The lowest BCUT2D eigenvalue weighted by molar-refractivity contribution is -0.119. The van der Waals surface area contributed by atoms with Crippen molar-refractivity contribution in [1.82, 2.24) is 14.9 Å². The van der Waals surface area contributed by atoms with Crippen molar-refractivity contribution in [1.29, 1.82) is 0 Å². The summed E-state index contributed by atoms with van der Waals surface area (Å²) in [6, 6.07) is 0.394. The summed E-state index contributed by atoms with van der Waals surface area (Å²) in [6.45, 7) is 7.35. The maximum absolute atomic E-state index is 12.1. The molecule has 0 radical (unpaired) electrons. The molecule has 22 heavy (non-hydrogen) atoms. The highest BCUT2D eigenvalue weighted by atomic mass is 32.2. The van der Waals surface area contributed by atoms with E-state index in [2.05, 4.69) is 28.7 Å². The monoisotopic (exact) mass is 323 g/mol. The molecule has 1 heterocycles. The molecule has 5 heteroatoms. The van der Waals surface area contributed by atoms with Gasteiger partial charge >= 0.3 is 0 Å². The van der Waals surface area contributed by atoms with Gasteiger partial charge in [0.1, 0.15) is 0 Å². The van der Waals surface area contributed by atoms with Gasteiger partial charge in [0.05, 0.1) is 11.4 Å². The molecule has 0 bridgehead atoms. The predicted molar refractivity (Wildman–Crippen MR) is 92.3 cm³/mol. The van der Waals surface area contributed by atoms with Crippen LogP contribution in [0.3, 0.4) is 0 Å². The van der Waals surface area contributed by atoms with Crippen molar-refractivity contribution >= 4 is 17.7 Å². The summed E-state index contributed by atoms with van der Waals surface area (Å²) in [5, 5.41) is 4.16. The molecule has 1 aromatic rings. The second-order valence-corrected chi connectivity index (χ2v) is 7.20. The number of carbonyl (C=O) groups excluding carboxylic acids is 1. The van der Waals surface area contributed by atoms with Crippen molar-refractivity contribution in [2.24, 2.45) is 0 Å². The van der Waals surface area contributed by atoms with Crippen molar-refractivity contribution in [2.45, 2.75) is 83.5 Å². The van der Waals surface area contributed by atoms with Crippen molar-refractivity contribution in [3.8, 4) is 0 Å². The van der Waals surface area contributed by atoms with E-state index in [1.54, 1.807) is 11.8 Å². The highest BCUT2D eigenvalue weighted by Gasteiger charge is 2.17. The van der Waals surface area contributed by atoms with E-state index in [0.29, 0.717) is 11.8 Å². The van der Waals surface area contributed by atoms with Gasteiger partial charge in [-0.25, -0.2) is 4.98 Å². The molecule has 124 valence electrons. The van der Waals surface area contributed by atoms with Crippen LogP contribution in [-0.2, 0) is 11.3 Å². The fraction of sp³-hybridized carbons (Fsp3) is 0.765. The maximum Gasteiger partial charge on any atom is 0.230 e. The Morgan fingerprint density at radius 2 is 2.05 bits per heavy atom. The quantitative estimate of drug-likeness (QED) is 0.776. The Kier molecular flexibility index (Phi) is 6.80. The molecule has 1 aromatic heterocycles. The number of hydrogen-bond donors (Lipinski definition) is 1. The first-order valence-corrected chi connectivity index (χ1v) is 9.56. The standard InChI is InChI=1S/C17H29N3OS/c1-4-5-11-20-14(3)13(2)18-17(20)22-12-16(21)19-15-9-7-6-8-10-15/h15H,4-12H2,1-3H3,(H,19,21). The summed E-state index contributed by atoms with van der Waals surface area (Å²) >= 11 is 1.57. The average molecular weight is 324 g/mol. The molecule has 1 amide bonds. The number of thioether (sulfide) groups is 1. The van der Waals surface area contributed by atoms with Crippen LogP contribution < -0.4 is 5.32 Å². The summed E-state index contributed by atoms with van der Waals surface area (Å²) in [4.78, 5) is 16.8. The van der Waals surface area contributed by atoms with E-state index in [-0.39, 0.29) is 5.91 Å². The third-order valence-corrected chi connectivity index (χ3v) is 5.44. The molecule has 1 saturated carbocycles. The van der Waals surface area contributed by atoms with Crippen LogP contribution in [0.15, 0.2) is 5.16 Å². The van der Waals surface area contributed by atoms with Gasteiger partial charge < -0.3 is 9.88 Å². The molecule has 0 unspecified atom stereocenters. The first-order chi connectivity index (χ1) is 10.6. The number of carbonyl (C=O) groups is 1. The van der Waals surface area contributed by atoms with Crippen molar-refractivity contribution in [3.05, 3.63) is 11.4 Å². The summed E-state index contributed by atoms with van der Waals surface area (Å²) < 4.78 is 2.26.